The van der Waals surface area contributed by atoms with E-state index in [9.17, 15) is 13.9 Å². The van der Waals surface area contributed by atoms with E-state index in [2.05, 4.69) is 4.74 Å². The van der Waals surface area contributed by atoms with Crippen molar-refractivity contribution in [2.75, 3.05) is 0 Å². The molecule has 2 aliphatic rings. The van der Waals surface area contributed by atoms with Gasteiger partial charge in [-0.2, -0.15) is 5.11 Å². The lowest BCUT2D eigenvalue weighted by Gasteiger charge is -2.45. The van der Waals surface area contributed by atoms with Gasteiger partial charge in [-0.3, -0.25) is 0 Å². The Bertz CT molecular complexity index is 193. The van der Waals surface area contributed by atoms with Crippen molar-refractivity contribution in [3.05, 3.63) is 0 Å². The average Bonchev–Trinajstić information content (AvgIpc) is 1.99. The number of ether oxygens (including phenoxy) is 1. The predicted octanol–water partition coefficient (Wildman–Crippen LogP) is 2.11. The topological polar surface area (TPSA) is 29.1 Å². The molecule has 12 heavy (non-hydrogen) atoms. The molecule has 2 rings (SSSR count). The lowest BCUT2D eigenvalue weighted by Crippen LogP contribution is -2.56. The van der Waals surface area contributed by atoms with Crippen LogP contribution < -0.4 is 0 Å². The van der Waals surface area contributed by atoms with E-state index in [1.165, 1.54) is 0 Å². The van der Waals surface area contributed by atoms with Crippen molar-refractivity contribution in [3.8, 4) is 0 Å². The first-order valence-electron chi connectivity index (χ1n) is 4.28. The van der Waals surface area contributed by atoms with Gasteiger partial charge in [0.15, 0.2) is 6.17 Å². The maximum absolute atomic E-state index is 13.2. The Balaban J connectivity index is 1.93. The summed E-state index contributed by atoms with van der Waals surface area (Å²) in [5.74, 6) is -3.89. The van der Waals surface area contributed by atoms with E-state index in [0.29, 0.717) is 0 Å². The second-order valence-corrected chi connectivity index (χ2v) is 3.66. The minimum absolute atomic E-state index is 0.0971. The van der Waals surface area contributed by atoms with Crippen LogP contribution in [0.3, 0.4) is 0 Å². The molecule has 0 aromatic rings. The van der Waals surface area contributed by atoms with Crippen LogP contribution >= 0.6 is 0 Å². The molecule has 0 bridgehead atoms. The Morgan fingerprint density at radius 2 is 2.00 bits per heavy atom. The third-order valence-electron chi connectivity index (χ3n) is 2.68. The molecule has 0 aliphatic heterocycles. The van der Waals surface area contributed by atoms with Crippen LogP contribution in [-0.4, -0.2) is 17.8 Å². The molecule has 0 aromatic heterocycles. The summed E-state index contributed by atoms with van der Waals surface area (Å²) in [6.07, 6.45) is -0.0122. The molecule has 2 saturated carbocycles. The summed E-state index contributed by atoms with van der Waals surface area (Å²) in [5, 5.41) is 11.3. The van der Waals surface area contributed by atoms with E-state index >= 15 is 0 Å². The van der Waals surface area contributed by atoms with Crippen LogP contribution in [0.15, 0.2) is 0 Å². The summed E-state index contributed by atoms with van der Waals surface area (Å²) < 4.78 is 30.5. The Kier molecular flexibility index (Phi) is 1.67. The molecular formula is C8H11F2O2. The highest BCUT2D eigenvalue weighted by Crippen LogP contribution is 2.46. The van der Waals surface area contributed by atoms with Gasteiger partial charge in [0.2, 0.25) is 11.6 Å². The predicted molar refractivity (Wildman–Crippen MR) is 36.3 cm³/mol. The number of hydrogen-bond donors (Lipinski definition) is 0. The zero-order chi connectivity index (χ0) is 8.82. The van der Waals surface area contributed by atoms with Gasteiger partial charge >= 0.3 is 0 Å². The van der Waals surface area contributed by atoms with Crippen LogP contribution in [-0.2, 0) is 9.84 Å². The summed E-state index contributed by atoms with van der Waals surface area (Å²) in [4.78, 5) is 0. The molecule has 69 valence electrons. The van der Waals surface area contributed by atoms with Crippen LogP contribution in [0.2, 0.25) is 0 Å². The highest BCUT2D eigenvalue weighted by Gasteiger charge is 2.56. The van der Waals surface area contributed by atoms with Gasteiger partial charge in [0.1, 0.15) is 0 Å². The van der Waals surface area contributed by atoms with E-state index in [-0.39, 0.29) is 25.7 Å². The van der Waals surface area contributed by atoms with Gasteiger partial charge in [-0.15, -0.1) is 0 Å². The van der Waals surface area contributed by atoms with Crippen molar-refractivity contribution in [1.82, 2.24) is 0 Å². The highest BCUT2D eigenvalue weighted by atomic mass is 19.2. The van der Waals surface area contributed by atoms with Crippen LogP contribution in [0, 0.1) is 0 Å². The molecule has 2 atom stereocenters. The fourth-order valence-electron chi connectivity index (χ4n) is 1.47. The van der Waals surface area contributed by atoms with Crippen LogP contribution in [0.4, 0.5) is 8.78 Å². The first kappa shape index (κ1) is 8.38. The minimum Gasteiger partial charge on any atom is -0.308 e. The summed E-state index contributed by atoms with van der Waals surface area (Å²) in [6, 6.07) is 0. The fourth-order valence-corrected chi connectivity index (χ4v) is 1.47. The second kappa shape index (κ2) is 2.39. The molecule has 0 spiro atoms. The molecule has 4 heteroatoms. The third-order valence-corrected chi connectivity index (χ3v) is 2.68. The largest absolute Gasteiger partial charge is 0.308 e. The van der Waals surface area contributed by atoms with E-state index < -0.39 is 17.8 Å². The first-order chi connectivity index (χ1) is 5.54. The van der Waals surface area contributed by atoms with E-state index in [1.54, 1.807) is 0 Å². The monoisotopic (exact) mass is 177 g/mol. The molecule has 2 unspecified atom stereocenters. The van der Waals surface area contributed by atoms with Gasteiger partial charge in [-0.05, 0) is 12.8 Å². The van der Waals surface area contributed by atoms with E-state index in [1.807, 2.05) is 0 Å². The van der Waals surface area contributed by atoms with E-state index in [4.69, 9.17) is 0 Å². The molecule has 0 N–H and O–H groups in total. The van der Waals surface area contributed by atoms with Gasteiger partial charge in [-0.25, -0.2) is 8.78 Å². The van der Waals surface area contributed by atoms with Crippen LogP contribution in [0.5, 0.6) is 0 Å². The molecule has 0 aromatic carbocycles. The molecule has 2 fully saturated rings. The molecule has 2 nitrogen and oxygen atoms in total. The summed E-state index contributed by atoms with van der Waals surface area (Å²) in [6.45, 7) is 0. The van der Waals surface area contributed by atoms with Gasteiger partial charge in [0, 0.05) is 19.3 Å². The van der Waals surface area contributed by atoms with Crippen molar-refractivity contribution >= 4 is 0 Å². The molecule has 0 heterocycles. The Labute approximate surface area is 69.5 Å². The van der Waals surface area contributed by atoms with Gasteiger partial charge < -0.3 is 4.74 Å². The number of rotatable bonds is 2. The molecule has 0 saturated heterocycles. The van der Waals surface area contributed by atoms with Crippen molar-refractivity contribution in [2.24, 2.45) is 0 Å². The second-order valence-electron chi connectivity index (χ2n) is 3.66. The molecule has 1 radical (unpaired) electrons. The molecule has 0 amide bonds. The summed E-state index contributed by atoms with van der Waals surface area (Å²) >= 11 is 0. The third kappa shape index (κ3) is 1.13. The Morgan fingerprint density at radius 3 is 2.25 bits per heavy atom. The molecule has 2 aliphatic carbocycles. The molecular weight excluding hydrogens is 166 g/mol. The van der Waals surface area contributed by atoms with E-state index in [0.717, 1.165) is 6.42 Å². The first-order valence-corrected chi connectivity index (χ1v) is 4.28. The minimum atomic E-state index is -2.07. The van der Waals surface area contributed by atoms with Gasteiger partial charge in [0.25, 0.3) is 0 Å². The number of alkyl halides is 2. The van der Waals surface area contributed by atoms with Crippen molar-refractivity contribution < 1.29 is 18.6 Å². The fraction of sp³-hybridized carbons (Fsp3) is 1.00. The lowest BCUT2D eigenvalue weighted by molar-refractivity contribution is -0.395. The van der Waals surface area contributed by atoms with Crippen LogP contribution in [0.1, 0.15) is 32.1 Å². The SMILES string of the molecule is [O]C1(OC2(F)CCC2)CCC1F. The zero-order valence-electron chi connectivity index (χ0n) is 6.69. The Morgan fingerprint density at radius 1 is 1.33 bits per heavy atom. The van der Waals surface area contributed by atoms with Crippen molar-refractivity contribution in [2.45, 2.75) is 49.9 Å². The maximum Gasteiger partial charge on any atom is 0.236 e. The van der Waals surface area contributed by atoms with Gasteiger partial charge in [0.05, 0.1) is 0 Å². The quantitative estimate of drug-likeness (QED) is 0.594. The number of halogens is 2. The summed E-state index contributed by atoms with van der Waals surface area (Å²) in [7, 11) is 0. The highest BCUT2D eigenvalue weighted by molar-refractivity contribution is 4.92. The Hall–Kier alpha value is -0.220. The number of hydrogen-bond acceptors (Lipinski definition) is 1. The standard InChI is InChI=1S/C8H11F2O2/c9-6-2-5-8(6,11)12-7(10)3-1-4-7/h6H,1-5H2. The average molecular weight is 177 g/mol. The van der Waals surface area contributed by atoms with Crippen LogP contribution in [0.25, 0.3) is 0 Å². The lowest BCUT2D eigenvalue weighted by atomic mass is 9.86. The summed E-state index contributed by atoms with van der Waals surface area (Å²) in [5.41, 5.74) is 0. The zero-order valence-corrected chi connectivity index (χ0v) is 6.69. The smallest absolute Gasteiger partial charge is 0.236 e. The normalized spacial score (nSPS) is 44.8. The van der Waals surface area contributed by atoms with Crippen molar-refractivity contribution in [3.63, 3.8) is 0 Å². The van der Waals surface area contributed by atoms with Crippen molar-refractivity contribution in [1.29, 1.82) is 0 Å². The van der Waals surface area contributed by atoms with Gasteiger partial charge in [-0.1, -0.05) is 0 Å². The maximum atomic E-state index is 13.2.